The van der Waals surface area contributed by atoms with Crippen LogP contribution in [0, 0.1) is 0 Å². The first kappa shape index (κ1) is 20.5. The highest BCUT2D eigenvalue weighted by molar-refractivity contribution is 7.92. The second-order valence-electron chi connectivity index (χ2n) is 7.70. The lowest BCUT2D eigenvalue weighted by molar-refractivity contribution is 0.352. The van der Waals surface area contributed by atoms with Crippen molar-refractivity contribution >= 4 is 15.8 Å². The van der Waals surface area contributed by atoms with Crippen molar-refractivity contribution in [3.05, 3.63) is 60.1 Å². The fraction of sp³-hybridized carbons (Fsp3) is 0.476. The number of sulfone groups is 1. The zero-order chi connectivity index (χ0) is 20.0. The Labute approximate surface area is 167 Å². The standard InChI is InChI=1S/C21H29N3O3S/c1-21(2)17-24(14-16-28(21,25)26)20(23-13-11-19-9-6-15-27-19)22-12-10-18-7-4-3-5-8-18/h3-9,15H,10-14,16-17H2,1-2H3,(H,22,23). The van der Waals surface area contributed by atoms with Crippen molar-refractivity contribution in [3.8, 4) is 0 Å². The maximum atomic E-state index is 12.3. The number of rotatable bonds is 6. The van der Waals surface area contributed by atoms with Gasteiger partial charge < -0.3 is 14.6 Å². The van der Waals surface area contributed by atoms with E-state index in [0.29, 0.717) is 26.1 Å². The summed E-state index contributed by atoms with van der Waals surface area (Å²) in [5, 5.41) is 3.43. The SMILES string of the molecule is CC1(C)CN(C(=NCCc2ccco2)NCCc2ccccc2)CCS1(=O)=O. The van der Waals surface area contributed by atoms with Crippen molar-refractivity contribution in [1.29, 1.82) is 0 Å². The van der Waals surface area contributed by atoms with Crippen LogP contribution in [0.5, 0.6) is 0 Å². The zero-order valence-corrected chi connectivity index (χ0v) is 17.4. The number of furan rings is 1. The van der Waals surface area contributed by atoms with Gasteiger partial charge in [0, 0.05) is 32.6 Å². The van der Waals surface area contributed by atoms with Crippen LogP contribution in [0.1, 0.15) is 25.2 Å². The van der Waals surface area contributed by atoms with E-state index in [4.69, 9.17) is 9.41 Å². The van der Waals surface area contributed by atoms with Crippen molar-refractivity contribution in [2.75, 3.05) is 31.9 Å². The van der Waals surface area contributed by atoms with Crippen molar-refractivity contribution in [3.63, 3.8) is 0 Å². The second-order valence-corrected chi connectivity index (χ2v) is 10.4. The highest BCUT2D eigenvalue weighted by Crippen LogP contribution is 2.23. The summed E-state index contributed by atoms with van der Waals surface area (Å²) in [4.78, 5) is 6.81. The molecule has 6 nitrogen and oxygen atoms in total. The minimum atomic E-state index is -3.09. The zero-order valence-electron chi connectivity index (χ0n) is 16.6. The fourth-order valence-corrected chi connectivity index (χ4v) is 4.65. The second kappa shape index (κ2) is 8.82. The fourth-order valence-electron chi connectivity index (χ4n) is 3.28. The molecule has 0 radical (unpaired) electrons. The van der Waals surface area contributed by atoms with Gasteiger partial charge in [-0.25, -0.2) is 8.42 Å². The average Bonchev–Trinajstić information content (AvgIpc) is 3.17. The molecule has 0 bridgehead atoms. The third-order valence-corrected chi connectivity index (χ3v) is 7.62. The first-order valence-corrected chi connectivity index (χ1v) is 11.3. The summed E-state index contributed by atoms with van der Waals surface area (Å²) in [6, 6.07) is 14.1. The van der Waals surface area contributed by atoms with Crippen molar-refractivity contribution in [2.24, 2.45) is 4.99 Å². The van der Waals surface area contributed by atoms with Crippen molar-refractivity contribution in [2.45, 2.75) is 31.4 Å². The number of hydrogen-bond donors (Lipinski definition) is 1. The molecule has 0 aliphatic carbocycles. The topological polar surface area (TPSA) is 74.9 Å². The lowest BCUT2D eigenvalue weighted by Gasteiger charge is -2.39. The third-order valence-electron chi connectivity index (χ3n) is 5.08. The Morgan fingerprint density at radius 1 is 1.18 bits per heavy atom. The molecule has 0 unspecified atom stereocenters. The molecule has 1 saturated heterocycles. The Kier molecular flexibility index (Phi) is 6.44. The highest BCUT2D eigenvalue weighted by atomic mass is 32.2. The summed E-state index contributed by atoms with van der Waals surface area (Å²) in [7, 11) is -3.09. The number of nitrogens with zero attached hydrogens (tertiary/aromatic N) is 2. The number of benzene rings is 1. The minimum Gasteiger partial charge on any atom is -0.469 e. The molecule has 2 aromatic rings. The van der Waals surface area contributed by atoms with Crippen LogP contribution >= 0.6 is 0 Å². The monoisotopic (exact) mass is 403 g/mol. The molecule has 0 saturated carbocycles. The molecule has 0 spiro atoms. The number of hydrogen-bond acceptors (Lipinski definition) is 4. The Bertz CT molecular complexity index is 875. The lowest BCUT2D eigenvalue weighted by atomic mass is 10.1. The van der Waals surface area contributed by atoms with Gasteiger partial charge >= 0.3 is 0 Å². The molecular formula is C21H29N3O3S. The minimum absolute atomic E-state index is 0.150. The molecule has 7 heteroatoms. The van der Waals surface area contributed by atoms with Gasteiger partial charge in [-0.2, -0.15) is 0 Å². The molecule has 1 N–H and O–H groups in total. The number of nitrogens with one attached hydrogen (secondary N) is 1. The first-order chi connectivity index (χ1) is 13.4. The summed E-state index contributed by atoms with van der Waals surface area (Å²) in [6.45, 7) is 5.81. The molecule has 1 aliphatic rings. The first-order valence-electron chi connectivity index (χ1n) is 9.69. The quantitative estimate of drug-likeness (QED) is 0.593. The Balaban J connectivity index is 1.66. The molecule has 152 valence electrons. The highest BCUT2D eigenvalue weighted by Gasteiger charge is 2.40. The lowest BCUT2D eigenvalue weighted by Crippen LogP contribution is -2.57. The summed E-state index contributed by atoms with van der Waals surface area (Å²) in [5.41, 5.74) is 1.26. The Hall–Kier alpha value is -2.28. The molecular weight excluding hydrogens is 374 g/mol. The van der Waals surface area contributed by atoms with Crippen LogP contribution in [0.3, 0.4) is 0 Å². The summed E-state index contributed by atoms with van der Waals surface area (Å²) in [6.07, 6.45) is 3.26. The summed E-state index contributed by atoms with van der Waals surface area (Å²) >= 11 is 0. The molecule has 0 amide bonds. The van der Waals surface area contributed by atoms with E-state index < -0.39 is 14.6 Å². The van der Waals surface area contributed by atoms with Crippen LogP contribution in [0.2, 0.25) is 0 Å². The molecule has 1 aliphatic heterocycles. The van der Waals surface area contributed by atoms with E-state index in [1.165, 1.54) is 5.56 Å². The number of guanidine groups is 1. The molecule has 1 aromatic carbocycles. The van der Waals surface area contributed by atoms with Gasteiger partial charge in [0.2, 0.25) is 0 Å². The summed E-state index contributed by atoms with van der Waals surface area (Å²) in [5.74, 6) is 1.82. The van der Waals surface area contributed by atoms with E-state index in [0.717, 1.165) is 24.7 Å². The van der Waals surface area contributed by atoms with Gasteiger partial charge in [0.05, 0.1) is 16.8 Å². The molecule has 28 heavy (non-hydrogen) atoms. The molecule has 1 aromatic heterocycles. The molecule has 2 heterocycles. The smallest absolute Gasteiger partial charge is 0.194 e. The number of aliphatic imine (C=N–C) groups is 1. The maximum absolute atomic E-state index is 12.3. The summed E-state index contributed by atoms with van der Waals surface area (Å²) < 4.78 is 29.3. The van der Waals surface area contributed by atoms with Crippen molar-refractivity contribution < 1.29 is 12.8 Å². The van der Waals surface area contributed by atoms with Gasteiger partial charge in [0.1, 0.15) is 5.76 Å². The third kappa shape index (κ3) is 5.16. The normalized spacial score (nSPS) is 18.8. The largest absolute Gasteiger partial charge is 0.469 e. The van der Waals surface area contributed by atoms with Crippen LogP contribution in [0.25, 0.3) is 0 Å². The van der Waals surface area contributed by atoms with Gasteiger partial charge in [-0.3, -0.25) is 4.99 Å². The van der Waals surface area contributed by atoms with E-state index in [9.17, 15) is 8.42 Å². The van der Waals surface area contributed by atoms with Gasteiger partial charge in [-0.05, 0) is 38.0 Å². The molecule has 3 rings (SSSR count). The van der Waals surface area contributed by atoms with Gasteiger partial charge in [-0.15, -0.1) is 0 Å². The average molecular weight is 404 g/mol. The predicted molar refractivity (Wildman–Crippen MR) is 112 cm³/mol. The van der Waals surface area contributed by atoms with Gasteiger partial charge in [-0.1, -0.05) is 30.3 Å². The van der Waals surface area contributed by atoms with Crippen LogP contribution in [-0.2, 0) is 22.7 Å². The van der Waals surface area contributed by atoms with E-state index in [-0.39, 0.29) is 5.75 Å². The predicted octanol–water partition coefficient (Wildman–Crippen LogP) is 2.52. The molecule has 1 fully saturated rings. The van der Waals surface area contributed by atoms with Crippen LogP contribution < -0.4 is 5.32 Å². The maximum Gasteiger partial charge on any atom is 0.194 e. The van der Waals surface area contributed by atoms with Crippen LogP contribution in [-0.4, -0.2) is 56.0 Å². The van der Waals surface area contributed by atoms with E-state index >= 15 is 0 Å². The van der Waals surface area contributed by atoms with Crippen LogP contribution in [0.15, 0.2) is 58.1 Å². The molecule has 0 atom stereocenters. The van der Waals surface area contributed by atoms with E-state index in [1.807, 2.05) is 30.3 Å². The van der Waals surface area contributed by atoms with Gasteiger partial charge in [0.15, 0.2) is 15.8 Å². The van der Waals surface area contributed by atoms with Crippen LogP contribution in [0.4, 0.5) is 0 Å². The van der Waals surface area contributed by atoms with Gasteiger partial charge in [0.25, 0.3) is 0 Å². The van der Waals surface area contributed by atoms with E-state index in [1.54, 1.807) is 20.1 Å². The van der Waals surface area contributed by atoms with E-state index in [2.05, 4.69) is 22.3 Å². The Morgan fingerprint density at radius 3 is 2.64 bits per heavy atom. The van der Waals surface area contributed by atoms with Crippen molar-refractivity contribution in [1.82, 2.24) is 10.2 Å². The Morgan fingerprint density at radius 2 is 1.96 bits per heavy atom.